The molecule has 3 aromatic rings. The summed E-state index contributed by atoms with van der Waals surface area (Å²) in [6.07, 6.45) is -0.370. The van der Waals surface area contributed by atoms with E-state index in [9.17, 15) is 13.5 Å². The highest BCUT2D eigenvalue weighted by Crippen LogP contribution is 2.31. The van der Waals surface area contributed by atoms with Crippen molar-refractivity contribution < 1.29 is 18.1 Å². The first kappa shape index (κ1) is 20.2. The Labute approximate surface area is 166 Å². The molecule has 1 unspecified atom stereocenters. The molecular weight excluding hydrogens is 404 g/mol. The van der Waals surface area contributed by atoms with Crippen LogP contribution in [0.25, 0.3) is 5.69 Å². The zero-order valence-electron chi connectivity index (χ0n) is 15.0. The molecule has 28 heavy (non-hydrogen) atoms. The second-order valence-electron chi connectivity index (χ2n) is 6.05. The van der Waals surface area contributed by atoms with E-state index in [4.69, 9.17) is 16.2 Å². The van der Waals surface area contributed by atoms with Crippen molar-refractivity contribution in [3.8, 4) is 5.69 Å². The normalized spacial score (nSPS) is 15.5. The molecule has 2 N–H and O–H groups in total. The Bertz CT molecular complexity index is 1140. The number of aliphatic imine (C=N–C) groups is 1. The maximum absolute atomic E-state index is 10.5. The van der Waals surface area contributed by atoms with Crippen molar-refractivity contribution in [2.24, 2.45) is 4.99 Å². The molecule has 0 saturated heterocycles. The van der Waals surface area contributed by atoms with Gasteiger partial charge in [-0.05, 0) is 25.1 Å². The molecule has 8 nitrogen and oxygen atoms in total. The van der Waals surface area contributed by atoms with Gasteiger partial charge in [0, 0.05) is 16.1 Å². The van der Waals surface area contributed by atoms with Gasteiger partial charge in [-0.3, -0.25) is 9.12 Å². The minimum Gasteiger partial charge on any atom is -0.365 e. The maximum atomic E-state index is 10.5. The van der Waals surface area contributed by atoms with Crippen LogP contribution < -0.4 is 0 Å². The highest BCUT2D eigenvalue weighted by atomic mass is 35.5. The molecule has 0 saturated carbocycles. The Morgan fingerprint density at radius 3 is 2.39 bits per heavy atom. The van der Waals surface area contributed by atoms with E-state index in [1.54, 1.807) is 0 Å². The lowest BCUT2D eigenvalue weighted by Gasteiger charge is -2.12. The van der Waals surface area contributed by atoms with E-state index >= 15 is 0 Å². The third-order valence-electron chi connectivity index (χ3n) is 3.83. The molecule has 1 aliphatic heterocycles. The lowest BCUT2D eigenvalue weighted by molar-refractivity contribution is 0.177. The summed E-state index contributed by atoms with van der Waals surface area (Å²) in [5.41, 5.74) is 3.28. The largest absolute Gasteiger partial charge is 0.365 e. The van der Waals surface area contributed by atoms with Crippen LogP contribution in [0.15, 0.2) is 53.5 Å². The van der Waals surface area contributed by atoms with Crippen LogP contribution in [0.4, 0.5) is 0 Å². The molecule has 0 radical (unpaired) electrons. The van der Waals surface area contributed by atoms with Crippen LogP contribution >= 0.6 is 11.6 Å². The smallest absolute Gasteiger partial charge is 0.261 e. The van der Waals surface area contributed by atoms with Gasteiger partial charge < -0.3 is 5.11 Å². The van der Waals surface area contributed by atoms with E-state index in [1.165, 1.54) is 0 Å². The molecule has 0 aliphatic carbocycles. The SMILES string of the molecule is CS(=O)(=O)O.Cc1nnc2n1-c1ccc(Cl)cc1C(c1ccccc1)=NC2O. The monoisotopic (exact) mass is 420 g/mol. The van der Waals surface area contributed by atoms with Crippen molar-refractivity contribution >= 4 is 27.4 Å². The van der Waals surface area contributed by atoms with Crippen LogP contribution in [0.1, 0.15) is 29.0 Å². The van der Waals surface area contributed by atoms with Crippen molar-refractivity contribution in [2.75, 3.05) is 6.26 Å². The van der Waals surface area contributed by atoms with E-state index in [0.717, 1.165) is 16.8 Å². The number of rotatable bonds is 1. The number of fused-ring (bicyclic) bond motifs is 3. The molecule has 2 heterocycles. The Morgan fingerprint density at radius 2 is 1.75 bits per heavy atom. The minimum atomic E-state index is -3.67. The third-order valence-corrected chi connectivity index (χ3v) is 4.07. The highest BCUT2D eigenvalue weighted by Gasteiger charge is 2.26. The van der Waals surface area contributed by atoms with Gasteiger partial charge in [0.25, 0.3) is 10.1 Å². The highest BCUT2D eigenvalue weighted by molar-refractivity contribution is 7.85. The van der Waals surface area contributed by atoms with Gasteiger partial charge in [0.1, 0.15) is 5.82 Å². The summed E-state index contributed by atoms with van der Waals surface area (Å²) in [7, 11) is -3.67. The number of benzene rings is 2. The van der Waals surface area contributed by atoms with E-state index in [0.29, 0.717) is 28.6 Å². The predicted octanol–water partition coefficient (Wildman–Crippen LogP) is 2.58. The first-order chi connectivity index (χ1) is 13.1. The Hall–Kier alpha value is -2.59. The zero-order chi connectivity index (χ0) is 20.5. The first-order valence-corrected chi connectivity index (χ1v) is 10.3. The molecule has 0 amide bonds. The summed E-state index contributed by atoms with van der Waals surface area (Å²) in [4.78, 5) is 4.47. The first-order valence-electron chi connectivity index (χ1n) is 8.11. The molecule has 1 aliphatic rings. The lowest BCUT2D eigenvalue weighted by atomic mass is 10.0. The molecule has 0 fully saturated rings. The third kappa shape index (κ3) is 4.45. The van der Waals surface area contributed by atoms with Crippen LogP contribution in [-0.2, 0) is 10.1 Å². The average Bonchev–Trinajstić information content (AvgIpc) is 2.95. The van der Waals surface area contributed by atoms with E-state index < -0.39 is 16.3 Å². The number of aliphatic hydroxyl groups is 1. The topological polar surface area (TPSA) is 118 Å². The fourth-order valence-electron chi connectivity index (χ4n) is 2.81. The van der Waals surface area contributed by atoms with Gasteiger partial charge in [-0.25, -0.2) is 4.99 Å². The van der Waals surface area contributed by atoms with Crippen LogP contribution in [0.2, 0.25) is 5.02 Å². The summed E-state index contributed by atoms with van der Waals surface area (Å²) in [6.45, 7) is 1.84. The van der Waals surface area contributed by atoms with Crippen molar-refractivity contribution in [1.82, 2.24) is 14.8 Å². The van der Waals surface area contributed by atoms with Crippen molar-refractivity contribution in [2.45, 2.75) is 13.2 Å². The number of hydrogen-bond acceptors (Lipinski definition) is 6. The van der Waals surface area contributed by atoms with Gasteiger partial charge >= 0.3 is 0 Å². The fourth-order valence-corrected chi connectivity index (χ4v) is 2.98. The number of aryl methyl sites for hydroxylation is 1. The number of aromatic nitrogens is 3. The van der Waals surface area contributed by atoms with E-state index in [2.05, 4.69) is 15.2 Å². The summed E-state index contributed by atoms with van der Waals surface area (Å²) >= 11 is 6.20. The molecule has 0 bridgehead atoms. The quantitative estimate of drug-likeness (QED) is 0.584. The van der Waals surface area contributed by atoms with Gasteiger partial charge in [0.05, 0.1) is 17.7 Å². The van der Waals surface area contributed by atoms with E-state index in [1.807, 2.05) is 60.0 Å². The summed E-state index contributed by atoms with van der Waals surface area (Å²) < 4.78 is 27.7. The van der Waals surface area contributed by atoms with Gasteiger partial charge in [-0.2, -0.15) is 8.42 Å². The molecule has 1 atom stereocenters. The molecule has 1 aromatic heterocycles. The number of aliphatic hydroxyl groups excluding tert-OH is 1. The maximum Gasteiger partial charge on any atom is 0.261 e. The minimum absolute atomic E-state index is 0.400. The number of hydrogen-bond donors (Lipinski definition) is 2. The van der Waals surface area contributed by atoms with Crippen LogP contribution in [0.5, 0.6) is 0 Å². The van der Waals surface area contributed by atoms with Gasteiger partial charge in [-0.1, -0.05) is 41.9 Å². The Balaban J connectivity index is 0.000000403. The van der Waals surface area contributed by atoms with Crippen LogP contribution in [-0.4, -0.2) is 44.8 Å². The molecule has 4 rings (SSSR count). The molecular formula is C18H17ClN4O4S. The number of halogens is 1. The second-order valence-corrected chi connectivity index (χ2v) is 7.96. The van der Waals surface area contributed by atoms with Crippen molar-refractivity contribution in [3.05, 3.63) is 76.3 Å². The van der Waals surface area contributed by atoms with Gasteiger partial charge in [0.2, 0.25) is 6.23 Å². The summed E-state index contributed by atoms with van der Waals surface area (Å²) in [5.74, 6) is 1.09. The van der Waals surface area contributed by atoms with Crippen molar-refractivity contribution in [1.29, 1.82) is 0 Å². The molecule has 0 spiro atoms. The summed E-state index contributed by atoms with van der Waals surface area (Å²) in [6, 6.07) is 15.3. The van der Waals surface area contributed by atoms with Crippen LogP contribution in [0, 0.1) is 6.92 Å². The predicted molar refractivity (Wildman–Crippen MR) is 106 cm³/mol. The Morgan fingerprint density at radius 1 is 1.11 bits per heavy atom. The standard InChI is InChI=1S/C17H13ClN4O.CH4O3S/c1-10-20-21-16-17(23)19-15(11-5-3-2-4-6-11)13-9-12(18)7-8-14(13)22(10)16;1-5(2,3)4/h2-9,17,23H,1H3;1H3,(H,2,3,4). The average molecular weight is 421 g/mol. The Kier molecular flexibility index (Phi) is 5.61. The molecule has 10 heteroatoms. The summed E-state index contributed by atoms with van der Waals surface area (Å²) in [5, 5.41) is 19.2. The number of nitrogens with zero attached hydrogens (tertiary/aromatic N) is 4. The van der Waals surface area contributed by atoms with Gasteiger partial charge in [0.15, 0.2) is 5.82 Å². The van der Waals surface area contributed by atoms with Gasteiger partial charge in [-0.15, -0.1) is 10.2 Å². The molecule has 2 aromatic carbocycles. The zero-order valence-corrected chi connectivity index (χ0v) is 16.6. The second kappa shape index (κ2) is 7.80. The fraction of sp³-hybridized carbons (Fsp3) is 0.167. The van der Waals surface area contributed by atoms with E-state index in [-0.39, 0.29) is 0 Å². The lowest BCUT2D eigenvalue weighted by Crippen LogP contribution is -2.08. The molecule has 146 valence electrons. The van der Waals surface area contributed by atoms with Crippen molar-refractivity contribution in [3.63, 3.8) is 0 Å². The van der Waals surface area contributed by atoms with Crippen LogP contribution in [0.3, 0.4) is 0 Å².